The van der Waals surface area contributed by atoms with Gasteiger partial charge in [-0.3, -0.25) is 4.79 Å². The SMILES string of the molecule is COc1ccc(O)c(C(=O)Nc2cnc(Br)cn2)c1. The Morgan fingerprint density at radius 3 is 2.79 bits per heavy atom. The zero-order chi connectivity index (χ0) is 13.8. The highest BCUT2D eigenvalue weighted by atomic mass is 79.9. The molecule has 1 aromatic heterocycles. The van der Waals surface area contributed by atoms with Crippen LogP contribution in [0.3, 0.4) is 0 Å². The van der Waals surface area contributed by atoms with Crippen molar-refractivity contribution < 1.29 is 14.6 Å². The van der Waals surface area contributed by atoms with Crippen molar-refractivity contribution in [3.8, 4) is 11.5 Å². The fourth-order valence-corrected chi connectivity index (χ4v) is 1.59. The van der Waals surface area contributed by atoms with Crippen LogP contribution in [0.15, 0.2) is 35.2 Å². The number of hydrogen-bond donors (Lipinski definition) is 2. The first-order valence-corrected chi connectivity index (χ1v) is 6.05. The summed E-state index contributed by atoms with van der Waals surface area (Å²) in [6, 6.07) is 4.39. The zero-order valence-corrected chi connectivity index (χ0v) is 11.5. The summed E-state index contributed by atoms with van der Waals surface area (Å²) in [5, 5.41) is 12.2. The van der Waals surface area contributed by atoms with Crippen molar-refractivity contribution in [2.24, 2.45) is 0 Å². The van der Waals surface area contributed by atoms with Crippen LogP contribution in [-0.4, -0.2) is 28.1 Å². The molecule has 0 saturated carbocycles. The van der Waals surface area contributed by atoms with Gasteiger partial charge >= 0.3 is 0 Å². The second kappa shape index (κ2) is 5.66. The molecule has 98 valence electrons. The Hall–Kier alpha value is -2.15. The normalized spacial score (nSPS) is 10.0. The molecule has 0 fully saturated rings. The van der Waals surface area contributed by atoms with Gasteiger partial charge in [0.05, 0.1) is 25.1 Å². The Morgan fingerprint density at radius 1 is 1.37 bits per heavy atom. The van der Waals surface area contributed by atoms with Crippen LogP contribution in [0.2, 0.25) is 0 Å². The van der Waals surface area contributed by atoms with Crippen LogP contribution in [0.25, 0.3) is 0 Å². The summed E-state index contributed by atoms with van der Waals surface area (Å²) in [7, 11) is 1.48. The van der Waals surface area contributed by atoms with Gasteiger partial charge in [-0.1, -0.05) is 0 Å². The summed E-state index contributed by atoms with van der Waals surface area (Å²) in [5.41, 5.74) is 0.101. The molecule has 0 atom stereocenters. The molecule has 0 aliphatic heterocycles. The van der Waals surface area contributed by atoms with Crippen LogP contribution in [0.1, 0.15) is 10.4 Å². The number of phenolic OH excluding ortho intramolecular Hbond substituents is 1. The molecule has 6 nitrogen and oxygen atoms in total. The molecule has 2 N–H and O–H groups in total. The highest BCUT2D eigenvalue weighted by molar-refractivity contribution is 9.10. The lowest BCUT2D eigenvalue weighted by molar-refractivity contribution is 0.102. The summed E-state index contributed by atoms with van der Waals surface area (Å²) in [4.78, 5) is 19.9. The number of aromatic hydroxyl groups is 1. The minimum Gasteiger partial charge on any atom is -0.507 e. The minimum absolute atomic E-state index is 0.101. The molecule has 1 heterocycles. The number of aromatic nitrogens is 2. The van der Waals surface area contributed by atoms with Gasteiger partial charge in [0.2, 0.25) is 0 Å². The number of carbonyl (C=O) groups is 1. The van der Waals surface area contributed by atoms with E-state index < -0.39 is 5.91 Å². The average molecular weight is 324 g/mol. The van der Waals surface area contributed by atoms with Gasteiger partial charge in [-0.05, 0) is 34.1 Å². The Kier molecular flexibility index (Phi) is 3.96. The smallest absolute Gasteiger partial charge is 0.260 e. The van der Waals surface area contributed by atoms with Crippen LogP contribution >= 0.6 is 15.9 Å². The molecule has 0 unspecified atom stereocenters. The van der Waals surface area contributed by atoms with Crippen molar-refractivity contribution >= 4 is 27.7 Å². The standard InChI is InChI=1S/C12H10BrN3O3/c1-19-7-2-3-9(17)8(4-7)12(18)16-11-6-14-10(13)5-15-11/h2-6,17H,1H3,(H,15,16,18). The van der Waals surface area contributed by atoms with Gasteiger partial charge < -0.3 is 15.2 Å². The number of rotatable bonds is 3. The van der Waals surface area contributed by atoms with Crippen molar-refractivity contribution in [2.75, 3.05) is 12.4 Å². The lowest BCUT2D eigenvalue weighted by Gasteiger charge is -2.07. The van der Waals surface area contributed by atoms with E-state index in [1.807, 2.05) is 0 Å². The molecule has 0 aliphatic rings. The minimum atomic E-state index is -0.493. The maximum absolute atomic E-state index is 12.0. The Labute approximate surface area is 117 Å². The highest BCUT2D eigenvalue weighted by Gasteiger charge is 2.13. The molecule has 0 aliphatic carbocycles. The summed E-state index contributed by atoms with van der Waals surface area (Å²) in [6.45, 7) is 0. The predicted octanol–water partition coefficient (Wildman–Crippen LogP) is 2.21. The van der Waals surface area contributed by atoms with Gasteiger partial charge in [0.25, 0.3) is 5.91 Å². The number of nitrogens with zero attached hydrogens (tertiary/aromatic N) is 2. The van der Waals surface area contributed by atoms with E-state index in [-0.39, 0.29) is 17.1 Å². The predicted molar refractivity (Wildman–Crippen MR) is 72.3 cm³/mol. The number of methoxy groups -OCH3 is 1. The molecule has 0 spiro atoms. The summed E-state index contributed by atoms with van der Waals surface area (Å²) in [6.07, 6.45) is 2.86. The van der Waals surface area contributed by atoms with Crippen LogP contribution < -0.4 is 10.1 Å². The van der Waals surface area contributed by atoms with Crippen LogP contribution in [-0.2, 0) is 0 Å². The molecule has 19 heavy (non-hydrogen) atoms. The molecule has 1 aromatic carbocycles. The van der Waals surface area contributed by atoms with Crippen molar-refractivity contribution in [3.63, 3.8) is 0 Å². The van der Waals surface area contributed by atoms with Gasteiger partial charge in [-0.15, -0.1) is 0 Å². The number of hydrogen-bond acceptors (Lipinski definition) is 5. The third-order valence-electron chi connectivity index (χ3n) is 2.31. The lowest BCUT2D eigenvalue weighted by Crippen LogP contribution is -2.13. The van der Waals surface area contributed by atoms with E-state index in [0.29, 0.717) is 10.4 Å². The topological polar surface area (TPSA) is 84.3 Å². The second-order valence-corrected chi connectivity index (χ2v) is 4.37. The Morgan fingerprint density at radius 2 is 2.16 bits per heavy atom. The summed E-state index contributed by atoms with van der Waals surface area (Å²) >= 11 is 3.14. The molecule has 2 aromatic rings. The van der Waals surface area contributed by atoms with Gasteiger partial charge in [-0.25, -0.2) is 9.97 Å². The fourth-order valence-electron chi connectivity index (χ4n) is 1.38. The summed E-state index contributed by atoms with van der Waals surface area (Å²) in [5.74, 6) is 0.136. The number of benzene rings is 1. The number of phenols is 1. The van der Waals surface area contributed by atoms with Gasteiger partial charge in [0.1, 0.15) is 16.1 Å². The van der Waals surface area contributed by atoms with Crippen molar-refractivity contribution in [1.29, 1.82) is 0 Å². The Bertz CT molecular complexity index is 602. The highest BCUT2D eigenvalue weighted by Crippen LogP contribution is 2.23. The molecule has 7 heteroatoms. The zero-order valence-electron chi connectivity index (χ0n) is 9.92. The third kappa shape index (κ3) is 3.19. The monoisotopic (exact) mass is 323 g/mol. The van der Waals surface area contributed by atoms with Crippen LogP contribution in [0.4, 0.5) is 5.82 Å². The lowest BCUT2D eigenvalue weighted by atomic mass is 10.2. The molecule has 2 rings (SSSR count). The second-order valence-electron chi connectivity index (χ2n) is 3.56. The van der Waals surface area contributed by atoms with Crippen LogP contribution in [0, 0.1) is 0 Å². The van der Waals surface area contributed by atoms with Gasteiger partial charge in [-0.2, -0.15) is 0 Å². The molecular weight excluding hydrogens is 314 g/mol. The quantitative estimate of drug-likeness (QED) is 0.904. The van der Waals surface area contributed by atoms with E-state index in [4.69, 9.17) is 4.74 Å². The third-order valence-corrected chi connectivity index (χ3v) is 2.72. The van der Waals surface area contributed by atoms with E-state index in [1.165, 1.54) is 31.6 Å². The summed E-state index contributed by atoms with van der Waals surface area (Å²) < 4.78 is 5.57. The molecule has 0 radical (unpaired) electrons. The molecule has 0 bridgehead atoms. The van der Waals surface area contributed by atoms with E-state index in [2.05, 4.69) is 31.2 Å². The first-order valence-electron chi connectivity index (χ1n) is 5.26. The maximum Gasteiger partial charge on any atom is 0.260 e. The molecule has 1 amide bonds. The fraction of sp³-hybridized carbons (Fsp3) is 0.0833. The number of amides is 1. The number of halogens is 1. The number of carbonyl (C=O) groups excluding carboxylic acids is 1. The number of ether oxygens (including phenoxy) is 1. The van der Waals surface area contributed by atoms with Crippen molar-refractivity contribution in [2.45, 2.75) is 0 Å². The number of nitrogens with one attached hydrogen (secondary N) is 1. The largest absolute Gasteiger partial charge is 0.507 e. The van der Waals surface area contributed by atoms with Crippen molar-refractivity contribution in [3.05, 3.63) is 40.8 Å². The van der Waals surface area contributed by atoms with Crippen molar-refractivity contribution in [1.82, 2.24) is 9.97 Å². The first-order chi connectivity index (χ1) is 9.10. The van der Waals surface area contributed by atoms with Gasteiger partial charge in [0.15, 0.2) is 5.82 Å². The van der Waals surface area contributed by atoms with E-state index in [1.54, 1.807) is 6.07 Å². The maximum atomic E-state index is 12.0. The van der Waals surface area contributed by atoms with E-state index >= 15 is 0 Å². The van der Waals surface area contributed by atoms with E-state index in [0.717, 1.165) is 0 Å². The molecule has 0 saturated heterocycles. The molecular formula is C12H10BrN3O3. The number of anilines is 1. The van der Waals surface area contributed by atoms with Gasteiger partial charge in [0, 0.05) is 0 Å². The average Bonchev–Trinajstić information content (AvgIpc) is 2.42. The first kappa shape index (κ1) is 13.3. The van der Waals surface area contributed by atoms with E-state index in [9.17, 15) is 9.90 Å². The Balaban J connectivity index is 2.22. The van der Waals surface area contributed by atoms with Crippen LogP contribution in [0.5, 0.6) is 11.5 Å².